The van der Waals surface area contributed by atoms with Crippen LogP contribution in [0.25, 0.3) is 28.5 Å². The van der Waals surface area contributed by atoms with Gasteiger partial charge in [-0.3, -0.25) is 9.36 Å². The van der Waals surface area contributed by atoms with E-state index in [1.807, 2.05) is 66.9 Å². The van der Waals surface area contributed by atoms with Gasteiger partial charge in [0, 0.05) is 12.2 Å². The number of hydrogen-bond acceptors (Lipinski definition) is 8. The Kier molecular flexibility index (Phi) is 8.70. The summed E-state index contributed by atoms with van der Waals surface area (Å²) in [5.74, 6) is 1.22. The molecule has 0 bridgehead atoms. The lowest BCUT2D eigenvalue weighted by molar-refractivity contribution is 0.0238. The molecule has 0 aliphatic carbocycles. The number of nitrogens with one attached hydrogen (secondary N) is 1. The Morgan fingerprint density at radius 1 is 1.13 bits per heavy atom. The topological polar surface area (TPSA) is 128 Å². The molecule has 5 aromatic rings. The minimum atomic E-state index is -0.363. The summed E-state index contributed by atoms with van der Waals surface area (Å²) in [4.78, 5) is 17.6. The summed E-state index contributed by atoms with van der Waals surface area (Å²) in [6, 6.07) is 19.9. The monoisotopic (exact) mass is 546 g/mol. The fourth-order valence-corrected chi connectivity index (χ4v) is 4.19. The second kappa shape index (κ2) is 12.3. The number of para-hydroxylation sites is 2. The highest BCUT2D eigenvalue weighted by Crippen LogP contribution is 2.26. The van der Waals surface area contributed by atoms with Crippen molar-refractivity contribution in [1.82, 2.24) is 30.2 Å². The average molecular weight is 547 g/mol. The largest absolute Gasteiger partial charge is 0.507 e. The predicted molar refractivity (Wildman–Crippen MR) is 149 cm³/mol. The number of aromatic nitrogens is 6. The van der Waals surface area contributed by atoms with Gasteiger partial charge in [0.25, 0.3) is 0 Å². The van der Waals surface area contributed by atoms with E-state index in [0.717, 1.165) is 22.4 Å². The minimum absolute atomic E-state index is 0. The zero-order valence-corrected chi connectivity index (χ0v) is 22.1. The number of carbonyl (C=O) groups is 1. The van der Waals surface area contributed by atoms with Crippen LogP contribution in [-0.2, 0) is 11.3 Å². The zero-order valence-electron chi connectivity index (χ0n) is 21.3. The number of H-pyrrole nitrogens is 1. The average Bonchev–Trinajstić information content (AvgIpc) is 3.59. The Morgan fingerprint density at radius 3 is 2.77 bits per heavy atom. The van der Waals surface area contributed by atoms with Gasteiger partial charge in [-0.1, -0.05) is 30.3 Å². The van der Waals surface area contributed by atoms with Crippen molar-refractivity contribution >= 4 is 35.3 Å². The number of phenolic OH excluding ortho intramolecular Hbond substituents is 1. The van der Waals surface area contributed by atoms with Gasteiger partial charge in [0.1, 0.15) is 30.2 Å². The number of allylic oxidation sites excluding steroid dienone is 1. The number of imidazole rings is 1. The number of aromatic amines is 1. The normalized spacial score (nSPS) is 11.9. The maximum atomic E-state index is 12.8. The Bertz CT molecular complexity index is 1600. The van der Waals surface area contributed by atoms with E-state index in [0.29, 0.717) is 23.7 Å². The van der Waals surface area contributed by atoms with E-state index >= 15 is 0 Å². The molecule has 1 atom stereocenters. The molecule has 3 aromatic carbocycles. The van der Waals surface area contributed by atoms with Gasteiger partial charge in [0.2, 0.25) is 5.82 Å². The molecule has 39 heavy (non-hydrogen) atoms. The van der Waals surface area contributed by atoms with Gasteiger partial charge in [0.15, 0.2) is 5.78 Å². The number of halogens is 1. The molecule has 11 heteroatoms. The number of aromatic hydroxyl groups is 1. The lowest BCUT2D eigenvalue weighted by Gasteiger charge is -2.17. The predicted octanol–water partition coefficient (Wildman–Crippen LogP) is 5.37. The van der Waals surface area contributed by atoms with Gasteiger partial charge >= 0.3 is 0 Å². The maximum absolute atomic E-state index is 12.8. The van der Waals surface area contributed by atoms with Gasteiger partial charge in [-0.15, -0.1) is 22.6 Å². The number of benzene rings is 3. The number of ketones is 1. The van der Waals surface area contributed by atoms with Crippen molar-refractivity contribution in [2.24, 2.45) is 0 Å². The summed E-state index contributed by atoms with van der Waals surface area (Å²) in [7, 11) is 0. The molecule has 0 aliphatic heterocycles. The van der Waals surface area contributed by atoms with Crippen molar-refractivity contribution in [3.63, 3.8) is 0 Å². The first kappa shape index (κ1) is 27.5. The number of hydrogen-bond donors (Lipinski definition) is 2. The molecule has 0 saturated carbocycles. The van der Waals surface area contributed by atoms with Gasteiger partial charge in [-0.05, 0) is 73.2 Å². The molecular formula is C28H27ClN6O4. The fourth-order valence-electron chi connectivity index (χ4n) is 4.19. The molecule has 0 saturated heterocycles. The fraction of sp³-hybridized carbons (Fsp3) is 0.179. The van der Waals surface area contributed by atoms with Crippen LogP contribution in [0.3, 0.4) is 0 Å². The minimum Gasteiger partial charge on any atom is -0.507 e. The second-order valence-electron chi connectivity index (χ2n) is 8.47. The molecule has 0 spiro atoms. The van der Waals surface area contributed by atoms with Crippen molar-refractivity contribution < 1.29 is 19.4 Å². The number of carbonyl (C=O) groups excluding carboxylic acids is 1. The number of ether oxygens (including phenoxy) is 2. The Hall–Kier alpha value is -4.54. The third-order valence-electron chi connectivity index (χ3n) is 5.96. The summed E-state index contributed by atoms with van der Waals surface area (Å²) < 4.78 is 13.9. The summed E-state index contributed by atoms with van der Waals surface area (Å²) in [6.45, 7) is 4.77. The van der Waals surface area contributed by atoms with Crippen LogP contribution in [0.15, 0.2) is 72.8 Å². The third-order valence-corrected chi connectivity index (χ3v) is 5.96. The van der Waals surface area contributed by atoms with Crippen molar-refractivity contribution in [2.45, 2.75) is 26.7 Å². The van der Waals surface area contributed by atoms with Crippen LogP contribution in [-0.4, -0.2) is 47.7 Å². The van der Waals surface area contributed by atoms with Gasteiger partial charge in [-0.25, -0.2) is 4.98 Å². The molecular weight excluding hydrogens is 520 g/mol. The standard InChI is InChI=1S/C28H26N6O4.ClH/c1-3-37-18(2)34-24-10-5-4-9-23(24)29-27(34)17-38-21-8-6-7-19(15-21)11-13-25(35)22-16-20(12-14-26(22)36)28-30-32-33-31-28;/h4-16,18,36H,3,17H2,1-2H3,(H,30,31,32,33);1H/b13-11+;. The Morgan fingerprint density at radius 2 is 1.97 bits per heavy atom. The van der Waals surface area contributed by atoms with Crippen molar-refractivity contribution in [3.8, 4) is 22.9 Å². The van der Waals surface area contributed by atoms with E-state index in [4.69, 9.17) is 14.5 Å². The molecule has 5 rings (SSSR count). The molecule has 10 nitrogen and oxygen atoms in total. The molecule has 0 aliphatic rings. The number of fused-ring (bicyclic) bond motifs is 1. The Labute approximate surface area is 230 Å². The smallest absolute Gasteiger partial charge is 0.204 e. The molecule has 2 N–H and O–H groups in total. The second-order valence-corrected chi connectivity index (χ2v) is 8.47. The van der Waals surface area contributed by atoms with E-state index in [2.05, 4.69) is 20.6 Å². The SMILES string of the molecule is CCOC(C)n1c(COc2cccc(/C=C/C(=O)c3cc(-c4nn[nH]n4)ccc3O)c2)nc2ccccc21.Cl. The summed E-state index contributed by atoms with van der Waals surface area (Å²) >= 11 is 0. The summed E-state index contributed by atoms with van der Waals surface area (Å²) in [5.41, 5.74) is 3.32. The van der Waals surface area contributed by atoms with Crippen LogP contribution in [0.5, 0.6) is 11.5 Å². The summed E-state index contributed by atoms with van der Waals surface area (Å²) in [6.07, 6.45) is 2.88. The third kappa shape index (κ3) is 6.14. The van der Waals surface area contributed by atoms with Gasteiger partial charge < -0.3 is 14.6 Å². The molecule has 0 fully saturated rings. The first-order valence-corrected chi connectivity index (χ1v) is 12.1. The van der Waals surface area contributed by atoms with E-state index < -0.39 is 0 Å². The number of nitrogens with zero attached hydrogens (tertiary/aromatic N) is 5. The number of tetrazole rings is 1. The molecule has 1 unspecified atom stereocenters. The number of rotatable bonds is 10. The van der Waals surface area contributed by atoms with E-state index in [-0.39, 0.29) is 42.3 Å². The summed E-state index contributed by atoms with van der Waals surface area (Å²) in [5, 5.41) is 23.9. The first-order chi connectivity index (χ1) is 18.5. The van der Waals surface area contributed by atoms with Gasteiger partial charge in [0.05, 0.1) is 16.6 Å². The van der Waals surface area contributed by atoms with E-state index in [1.54, 1.807) is 12.1 Å². The van der Waals surface area contributed by atoms with Crippen molar-refractivity contribution in [1.29, 1.82) is 0 Å². The molecule has 200 valence electrons. The Balaban J connectivity index is 0.00000353. The highest BCUT2D eigenvalue weighted by Gasteiger charge is 2.16. The van der Waals surface area contributed by atoms with Crippen LogP contribution in [0.1, 0.15) is 41.8 Å². The van der Waals surface area contributed by atoms with Gasteiger partial charge in [-0.2, -0.15) is 5.21 Å². The van der Waals surface area contributed by atoms with Crippen LogP contribution in [0, 0.1) is 0 Å². The van der Waals surface area contributed by atoms with E-state index in [9.17, 15) is 9.90 Å². The molecule has 0 amide bonds. The van der Waals surface area contributed by atoms with Crippen LogP contribution < -0.4 is 4.74 Å². The van der Waals surface area contributed by atoms with Crippen molar-refractivity contribution in [2.75, 3.05) is 6.61 Å². The zero-order chi connectivity index (χ0) is 26.5. The van der Waals surface area contributed by atoms with Crippen LogP contribution in [0.4, 0.5) is 0 Å². The lowest BCUT2D eigenvalue weighted by atomic mass is 10.0. The highest BCUT2D eigenvalue weighted by atomic mass is 35.5. The maximum Gasteiger partial charge on any atom is 0.204 e. The van der Waals surface area contributed by atoms with Crippen molar-refractivity contribution in [3.05, 3.63) is 89.8 Å². The molecule has 2 aromatic heterocycles. The first-order valence-electron chi connectivity index (χ1n) is 12.1. The quantitative estimate of drug-likeness (QED) is 0.177. The number of phenols is 1. The highest BCUT2D eigenvalue weighted by molar-refractivity contribution is 6.09. The van der Waals surface area contributed by atoms with E-state index in [1.165, 1.54) is 18.2 Å². The van der Waals surface area contributed by atoms with Crippen LogP contribution >= 0.6 is 12.4 Å². The van der Waals surface area contributed by atoms with Crippen LogP contribution in [0.2, 0.25) is 0 Å². The molecule has 2 heterocycles. The molecule has 0 radical (unpaired) electrons. The lowest BCUT2D eigenvalue weighted by Crippen LogP contribution is -2.14.